The first-order valence-corrected chi connectivity index (χ1v) is 19.3. The van der Waals surface area contributed by atoms with Crippen LogP contribution in [0.4, 0.5) is 0 Å². The van der Waals surface area contributed by atoms with E-state index in [4.69, 9.17) is 0 Å². The van der Waals surface area contributed by atoms with Gasteiger partial charge in [0.15, 0.2) is 0 Å². The largest absolute Gasteiger partial charge is 0.308 e. The van der Waals surface area contributed by atoms with Crippen LogP contribution in [0.15, 0.2) is 176 Å². The number of fused-ring (bicyclic) bond motifs is 7. The highest BCUT2D eigenvalue weighted by Crippen LogP contribution is 2.48. The fourth-order valence-electron chi connectivity index (χ4n) is 9.16. The molecule has 10 rings (SSSR count). The van der Waals surface area contributed by atoms with Gasteiger partial charge in [0.1, 0.15) is 0 Å². The Labute approximate surface area is 317 Å². The minimum atomic E-state index is 0.318. The number of para-hydroxylation sites is 1. The summed E-state index contributed by atoms with van der Waals surface area (Å²) in [7, 11) is 0. The van der Waals surface area contributed by atoms with Gasteiger partial charge in [-0.2, -0.15) is 0 Å². The number of hydrogen-bond donors (Lipinski definition) is 0. The summed E-state index contributed by atoms with van der Waals surface area (Å²) >= 11 is 0. The van der Waals surface area contributed by atoms with Gasteiger partial charge in [-0.1, -0.05) is 164 Å². The van der Waals surface area contributed by atoms with Crippen LogP contribution < -0.4 is 0 Å². The van der Waals surface area contributed by atoms with E-state index in [0.29, 0.717) is 5.92 Å². The van der Waals surface area contributed by atoms with Crippen molar-refractivity contribution in [2.75, 3.05) is 0 Å². The second-order valence-corrected chi connectivity index (χ2v) is 14.7. The number of aryl methyl sites for hydroxylation is 1. The monoisotopic (exact) mass is 691 g/mol. The van der Waals surface area contributed by atoms with Crippen molar-refractivity contribution in [1.29, 1.82) is 0 Å². The van der Waals surface area contributed by atoms with E-state index in [0.717, 1.165) is 25.7 Å². The summed E-state index contributed by atoms with van der Waals surface area (Å²) in [6.07, 6.45) is 21.7. The maximum atomic E-state index is 3.86. The third-order valence-electron chi connectivity index (χ3n) is 11.6. The van der Waals surface area contributed by atoms with E-state index < -0.39 is 0 Å². The molecule has 1 nitrogen and oxygen atoms in total. The number of hydrogen-bond acceptors (Lipinski definition) is 0. The van der Waals surface area contributed by atoms with Crippen molar-refractivity contribution in [2.24, 2.45) is 5.92 Å². The maximum absolute atomic E-state index is 3.86. The Morgan fingerprint density at radius 1 is 0.648 bits per heavy atom. The van der Waals surface area contributed by atoms with E-state index in [1.165, 1.54) is 93.6 Å². The summed E-state index contributed by atoms with van der Waals surface area (Å²) in [5.74, 6) is 0.318. The van der Waals surface area contributed by atoms with Gasteiger partial charge in [0.25, 0.3) is 0 Å². The van der Waals surface area contributed by atoms with Crippen molar-refractivity contribution < 1.29 is 0 Å². The molecule has 0 radical (unpaired) electrons. The Morgan fingerprint density at radius 2 is 1.39 bits per heavy atom. The molecule has 1 atom stereocenters. The van der Waals surface area contributed by atoms with Crippen molar-refractivity contribution in [1.82, 2.24) is 4.57 Å². The Morgan fingerprint density at radius 3 is 2.30 bits per heavy atom. The summed E-state index contributed by atoms with van der Waals surface area (Å²) in [6, 6.07) is 49.9. The molecule has 1 heterocycles. The smallest absolute Gasteiger partial charge is 0.0619 e. The third-order valence-corrected chi connectivity index (χ3v) is 11.6. The molecule has 8 aromatic rings. The lowest BCUT2D eigenvalue weighted by atomic mass is 9.76. The van der Waals surface area contributed by atoms with Crippen molar-refractivity contribution in [3.8, 4) is 16.8 Å². The van der Waals surface area contributed by atoms with Gasteiger partial charge in [0, 0.05) is 21.9 Å². The summed E-state index contributed by atoms with van der Waals surface area (Å²) in [4.78, 5) is 0. The Balaban J connectivity index is 1.31. The van der Waals surface area contributed by atoms with Crippen molar-refractivity contribution in [3.63, 3.8) is 0 Å². The summed E-state index contributed by atoms with van der Waals surface area (Å²) in [5, 5.41) is 9.03. The second-order valence-electron chi connectivity index (χ2n) is 14.7. The number of rotatable bonds is 7. The van der Waals surface area contributed by atoms with Gasteiger partial charge in [-0.25, -0.2) is 0 Å². The molecule has 1 unspecified atom stereocenters. The first kappa shape index (κ1) is 32.2. The Hall–Kier alpha value is -6.44. The predicted molar refractivity (Wildman–Crippen MR) is 233 cm³/mol. The molecular weight excluding hydrogens is 651 g/mol. The van der Waals surface area contributed by atoms with Gasteiger partial charge in [0.05, 0.1) is 11.2 Å². The zero-order valence-corrected chi connectivity index (χ0v) is 30.4. The average Bonchev–Trinajstić information content (AvgIpc) is 3.56. The Bertz CT molecular complexity index is 2900. The highest BCUT2D eigenvalue weighted by Gasteiger charge is 2.28. The van der Waals surface area contributed by atoms with Crippen LogP contribution in [0.25, 0.3) is 77.8 Å². The first-order chi connectivity index (χ1) is 26.8. The first-order valence-electron chi connectivity index (χ1n) is 19.3. The van der Waals surface area contributed by atoms with Crippen LogP contribution in [0.2, 0.25) is 0 Å². The third kappa shape index (κ3) is 5.39. The van der Waals surface area contributed by atoms with Gasteiger partial charge in [-0.15, -0.1) is 0 Å². The van der Waals surface area contributed by atoms with E-state index in [1.54, 1.807) is 0 Å². The van der Waals surface area contributed by atoms with Crippen molar-refractivity contribution >= 4 is 60.9 Å². The van der Waals surface area contributed by atoms with Gasteiger partial charge < -0.3 is 4.57 Å². The SMILES string of the molecule is C=C/C=C\C=C/CC1Cc2ccccc2C=C1c1c2ccccc2c(-n2c3c(c4ccccc42)CCC=C3)c2ccc(-c3ccc4ccccc4c3)cc12. The molecule has 0 amide bonds. The van der Waals surface area contributed by atoms with E-state index >= 15 is 0 Å². The van der Waals surface area contributed by atoms with Gasteiger partial charge >= 0.3 is 0 Å². The minimum Gasteiger partial charge on any atom is -0.308 e. The number of aromatic nitrogens is 1. The summed E-state index contributed by atoms with van der Waals surface area (Å²) < 4.78 is 2.57. The lowest BCUT2D eigenvalue weighted by Crippen LogP contribution is -2.13. The number of nitrogens with zero attached hydrogens (tertiary/aromatic N) is 1. The van der Waals surface area contributed by atoms with Gasteiger partial charge in [0.2, 0.25) is 0 Å². The van der Waals surface area contributed by atoms with Crippen LogP contribution in [0.5, 0.6) is 0 Å². The zero-order valence-electron chi connectivity index (χ0n) is 30.4. The summed E-state index contributed by atoms with van der Waals surface area (Å²) in [6.45, 7) is 3.86. The highest BCUT2D eigenvalue weighted by molar-refractivity contribution is 6.18. The van der Waals surface area contributed by atoms with Crippen LogP contribution in [0, 0.1) is 5.92 Å². The average molecular weight is 692 g/mol. The van der Waals surface area contributed by atoms with Crippen LogP contribution in [0.3, 0.4) is 0 Å². The van der Waals surface area contributed by atoms with E-state index in [-0.39, 0.29) is 0 Å². The standard InChI is InChI=1S/C53H41N/c1-2-3-4-5-6-21-42-33-38-19-9-10-20-39(38)34-48(42)52-45-24-11-12-25-46(45)53(54-50-26-15-13-22-43(50)44-23-14-16-27-51(44)54)47-31-30-41(35-49(47)52)40-29-28-36-17-7-8-18-37(36)32-40/h2-13,15-20,22,24-32,34-35,42H,1,14,21,23,33H2/b4-3-,6-5-. The number of allylic oxidation sites excluding steroid dienone is 7. The quantitative estimate of drug-likeness (QED) is 0.116. The molecule has 0 N–H and O–H groups in total. The molecule has 1 aromatic heterocycles. The molecule has 258 valence electrons. The predicted octanol–water partition coefficient (Wildman–Crippen LogP) is 14.1. The van der Waals surface area contributed by atoms with E-state index in [2.05, 4.69) is 181 Å². The van der Waals surface area contributed by atoms with Crippen molar-refractivity contribution in [2.45, 2.75) is 25.7 Å². The fourth-order valence-corrected chi connectivity index (χ4v) is 9.16. The van der Waals surface area contributed by atoms with E-state index in [9.17, 15) is 0 Å². The molecule has 7 aromatic carbocycles. The molecule has 0 saturated heterocycles. The molecule has 1 heteroatoms. The normalized spacial score (nSPS) is 15.4. The fraction of sp³-hybridized carbons (Fsp3) is 0.0943. The minimum absolute atomic E-state index is 0.318. The molecule has 54 heavy (non-hydrogen) atoms. The maximum Gasteiger partial charge on any atom is 0.0619 e. The van der Waals surface area contributed by atoms with Crippen LogP contribution in [-0.4, -0.2) is 4.57 Å². The molecule has 0 spiro atoms. The molecule has 0 bridgehead atoms. The van der Waals surface area contributed by atoms with Crippen LogP contribution >= 0.6 is 0 Å². The molecule has 2 aliphatic carbocycles. The second kappa shape index (κ2) is 13.5. The molecular formula is C53H41N. The summed E-state index contributed by atoms with van der Waals surface area (Å²) in [5.41, 5.74) is 13.3. The molecule has 2 aliphatic rings. The zero-order chi connectivity index (χ0) is 36.0. The van der Waals surface area contributed by atoms with Crippen LogP contribution in [0.1, 0.15) is 40.8 Å². The van der Waals surface area contributed by atoms with Gasteiger partial charge in [-0.05, 0) is 116 Å². The van der Waals surface area contributed by atoms with Gasteiger partial charge in [-0.3, -0.25) is 0 Å². The Kier molecular flexibility index (Phi) is 8.07. The lowest BCUT2D eigenvalue weighted by Gasteiger charge is -2.29. The number of benzene rings is 7. The molecule has 0 aliphatic heterocycles. The topological polar surface area (TPSA) is 4.93 Å². The molecule has 0 fully saturated rings. The van der Waals surface area contributed by atoms with E-state index in [1.807, 2.05) is 12.2 Å². The molecule has 0 saturated carbocycles. The van der Waals surface area contributed by atoms with Crippen LogP contribution in [-0.2, 0) is 12.8 Å². The van der Waals surface area contributed by atoms with Crippen molar-refractivity contribution in [3.05, 3.63) is 204 Å². The lowest BCUT2D eigenvalue weighted by molar-refractivity contribution is 0.674. The highest BCUT2D eigenvalue weighted by atomic mass is 15.0.